The van der Waals surface area contributed by atoms with Crippen molar-refractivity contribution in [2.24, 2.45) is 0 Å². The third kappa shape index (κ3) is 4.96. The number of halogens is 1. The van der Waals surface area contributed by atoms with Crippen LogP contribution >= 0.6 is 15.9 Å². The summed E-state index contributed by atoms with van der Waals surface area (Å²) in [5.74, 6) is -0.115. The molecule has 1 N–H and O–H groups in total. The van der Waals surface area contributed by atoms with Crippen LogP contribution < -0.4 is 10.2 Å². The number of anilines is 1. The Bertz CT molecular complexity index is 501. The number of carbonyl (C=O) groups is 2. The summed E-state index contributed by atoms with van der Waals surface area (Å²) >= 11 is 3.46. The van der Waals surface area contributed by atoms with E-state index in [1.807, 2.05) is 39.0 Å². The summed E-state index contributed by atoms with van der Waals surface area (Å²) in [5, 5.41) is 2.82. The van der Waals surface area contributed by atoms with Gasteiger partial charge in [0.2, 0.25) is 11.8 Å². The largest absolute Gasteiger partial charge is 0.354 e. The molecule has 1 aromatic rings. The molecule has 0 aliphatic heterocycles. The highest BCUT2D eigenvalue weighted by Crippen LogP contribution is 2.23. The number of nitrogens with one attached hydrogen (secondary N) is 1. The van der Waals surface area contributed by atoms with E-state index in [-0.39, 0.29) is 17.9 Å². The van der Waals surface area contributed by atoms with Crippen molar-refractivity contribution in [1.29, 1.82) is 0 Å². The molecule has 1 aromatic carbocycles. The van der Waals surface area contributed by atoms with Gasteiger partial charge in [-0.3, -0.25) is 9.59 Å². The number of hydrogen-bond acceptors (Lipinski definition) is 2. The van der Waals surface area contributed by atoms with Crippen LogP contribution in [0.4, 0.5) is 5.69 Å². The lowest BCUT2D eigenvalue weighted by Gasteiger charge is -2.22. The topological polar surface area (TPSA) is 49.4 Å². The second-order valence-electron chi connectivity index (χ2n) is 5.08. The highest BCUT2D eigenvalue weighted by Gasteiger charge is 2.14. The fourth-order valence-corrected chi connectivity index (χ4v) is 2.19. The summed E-state index contributed by atoms with van der Waals surface area (Å²) in [4.78, 5) is 25.0. The molecule has 0 aliphatic carbocycles. The van der Waals surface area contributed by atoms with Gasteiger partial charge in [0.25, 0.3) is 0 Å². The summed E-state index contributed by atoms with van der Waals surface area (Å²) < 4.78 is 0.952. The van der Waals surface area contributed by atoms with Crippen LogP contribution in [0, 0.1) is 6.92 Å². The lowest BCUT2D eigenvalue weighted by Crippen LogP contribution is -2.36. The van der Waals surface area contributed by atoms with E-state index in [0.717, 1.165) is 15.7 Å². The van der Waals surface area contributed by atoms with Crippen molar-refractivity contribution in [1.82, 2.24) is 5.32 Å². The number of benzene rings is 1. The zero-order valence-electron chi connectivity index (χ0n) is 12.4. The van der Waals surface area contributed by atoms with E-state index in [1.165, 1.54) is 6.92 Å². The Morgan fingerprint density at radius 2 is 2.00 bits per heavy atom. The maximum Gasteiger partial charge on any atom is 0.223 e. The molecule has 0 heterocycles. The molecular weight excluding hydrogens is 320 g/mol. The maximum absolute atomic E-state index is 11.8. The third-order valence-electron chi connectivity index (χ3n) is 2.86. The second kappa shape index (κ2) is 7.43. The van der Waals surface area contributed by atoms with Crippen LogP contribution in [0.1, 0.15) is 32.8 Å². The lowest BCUT2D eigenvalue weighted by molar-refractivity contribution is -0.121. The Kier molecular flexibility index (Phi) is 6.20. The standard InChI is InChI=1S/C15H21BrN2O2/c1-10(2)17-15(20)7-8-18(12(4)19)13-6-5-11(3)14(16)9-13/h5-6,9-10H,7-8H2,1-4H3,(H,17,20). The Morgan fingerprint density at radius 1 is 1.35 bits per heavy atom. The average molecular weight is 341 g/mol. The van der Waals surface area contributed by atoms with E-state index >= 15 is 0 Å². The fourth-order valence-electron chi connectivity index (χ4n) is 1.83. The van der Waals surface area contributed by atoms with Gasteiger partial charge in [-0.05, 0) is 38.5 Å². The molecule has 0 aliphatic rings. The van der Waals surface area contributed by atoms with Gasteiger partial charge in [0.15, 0.2) is 0 Å². The van der Waals surface area contributed by atoms with Crippen LogP contribution in [0.25, 0.3) is 0 Å². The first-order chi connectivity index (χ1) is 9.31. The summed E-state index contributed by atoms with van der Waals surface area (Å²) in [6.45, 7) is 7.70. The van der Waals surface area contributed by atoms with Crippen molar-refractivity contribution in [3.05, 3.63) is 28.2 Å². The predicted molar refractivity (Wildman–Crippen MR) is 84.8 cm³/mol. The molecular formula is C15H21BrN2O2. The van der Waals surface area contributed by atoms with Gasteiger partial charge >= 0.3 is 0 Å². The van der Waals surface area contributed by atoms with Crippen molar-refractivity contribution >= 4 is 33.4 Å². The average Bonchev–Trinajstić information content (AvgIpc) is 2.32. The first-order valence-electron chi connectivity index (χ1n) is 6.65. The van der Waals surface area contributed by atoms with Gasteiger partial charge in [0.05, 0.1) is 0 Å². The first kappa shape index (κ1) is 16.7. The Labute approximate surface area is 128 Å². The zero-order valence-corrected chi connectivity index (χ0v) is 14.0. The van der Waals surface area contributed by atoms with Crippen LogP contribution in [0.3, 0.4) is 0 Å². The van der Waals surface area contributed by atoms with Crippen LogP contribution in [-0.2, 0) is 9.59 Å². The monoisotopic (exact) mass is 340 g/mol. The van der Waals surface area contributed by atoms with E-state index in [4.69, 9.17) is 0 Å². The lowest BCUT2D eigenvalue weighted by atomic mass is 10.2. The number of rotatable bonds is 5. The van der Waals surface area contributed by atoms with E-state index in [0.29, 0.717) is 13.0 Å². The minimum Gasteiger partial charge on any atom is -0.354 e. The molecule has 0 spiro atoms. The molecule has 5 heteroatoms. The van der Waals surface area contributed by atoms with E-state index < -0.39 is 0 Å². The van der Waals surface area contributed by atoms with Crippen LogP contribution in [0.2, 0.25) is 0 Å². The van der Waals surface area contributed by atoms with Crippen LogP contribution in [0.5, 0.6) is 0 Å². The fraction of sp³-hybridized carbons (Fsp3) is 0.467. The number of hydrogen-bond donors (Lipinski definition) is 1. The van der Waals surface area contributed by atoms with Gasteiger partial charge in [-0.1, -0.05) is 22.0 Å². The van der Waals surface area contributed by atoms with Crippen molar-refractivity contribution in [3.8, 4) is 0 Å². The van der Waals surface area contributed by atoms with Gasteiger partial charge in [0, 0.05) is 36.1 Å². The third-order valence-corrected chi connectivity index (χ3v) is 3.71. The Morgan fingerprint density at radius 3 is 2.50 bits per heavy atom. The Balaban J connectivity index is 2.77. The molecule has 0 fully saturated rings. The molecule has 110 valence electrons. The first-order valence-corrected chi connectivity index (χ1v) is 7.44. The highest BCUT2D eigenvalue weighted by molar-refractivity contribution is 9.10. The normalized spacial score (nSPS) is 10.5. The van der Waals surface area contributed by atoms with E-state index in [2.05, 4.69) is 21.2 Å². The van der Waals surface area contributed by atoms with Gasteiger partial charge in [0.1, 0.15) is 0 Å². The second-order valence-corrected chi connectivity index (χ2v) is 5.93. The molecule has 1 rings (SSSR count). The van der Waals surface area contributed by atoms with Crippen molar-refractivity contribution in [3.63, 3.8) is 0 Å². The molecule has 0 saturated carbocycles. The molecule has 0 bridgehead atoms. The number of nitrogens with zero attached hydrogens (tertiary/aromatic N) is 1. The minimum absolute atomic E-state index is 0.0440. The molecule has 4 nitrogen and oxygen atoms in total. The minimum atomic E-state index is -0.0712. The van der Waals surface area contributed by atoms with Gasteiger partial charge in [-0.2, -0.15) is 0 Å². The summed E-state index contributed by atoms with van der Waals surface area (Å²) in [6.07, 6.45) is 0.295. The summed E-state index contributed by atoms with van der Waals surface area (Å²) in [7, 11) is 0. The van der Waals surface area contributed by atoms with Gasteiger partial charge in [-0.25, -0.2) is 0 Å². The van der Waals surface area contributed by atoms with Gasteiger partial charge in [-0.15, -0.1) is 0 Å². The molecule has 0 saturated heterocycles. The molecule has 0 atom stereocenters. The smallest absolute Gasteiger partial charge is 0.223 e. The van der Waals surface area contributed by atoms with Crippen molar-refractivity contribution in [2.75, 3.05) is 11.4 Å². The van der Waals surface area contributed by atoms with E-state index in [1.54, 1.807) is 4.90 Å². The molecule has 20 heavy (non-hydrogen) atoms. The molecule has 0 radical (unpaired) electrons. The quantitative estimate of drug-likeness (QED) is 0.895. The Hall–Kier alpha value is -1.36. The van der Waals surface area contributed by atoms with Crippen molar-refractivity contribution in [2.45, 2.75) is 40.2 Å². The van der Waals surface area contributed by atoms with E-state index in [9.17, 15) is 9.59 Å². The summed E-state index contributed by atoms with van der Waals surface area (Å²) in [5.41, 5.74) is 1.90. The number of carbonyl (C=O) groups excluding carboxylic acids is 2. The van der Waals surface area contributed by atoms with Crippen molar-refractivity contribution < 1.29 is 9.59 Å². The maximum atomic E-state index is 11.8. The van der Waals surface area contributed by atoms with Crippen LogP contribution in [0.15, 0.2) is 22.7 Å². The van der Waals surface area contributed by atoms with Gasteiger partial charge < -0.3 is 10.2 Å². The number of amides is 2. The molecule has 0 aromatic heterocycles. The molecule has 0 unspecified atom stereocenters. The van der Waals surface area contributed by atoms with Crippen LogP contribution in [-0.4, -0.2) is 24.4 Å². The SMILES string of the molecule is CC(=O)N(CCC(=O)NC(C)C)c1ccc(C)c(Br)c1. The highest BCUT2D eigenvalue weighted by atomic mass is 79.9. The number of aryl methyl sites for hydroxylation is 1. The zero-order chi connectivity index (χ0) is 15.3. The summed E-state index contributed by atoms with van der Waals surface area (Å²) in [6, 6.07) is 5.85. The molecule has 2 amide bonds. The predicted octanol–water partition coefficient (Wildman–Crippen LogP) is 3.03.